The quantitative estimate of drug-likeness (QED) is 0.667. The zero-order chi connectivity index (χ0) is 8.55. The van der Waals surface area contributed by atoms with Gasteiger partial charge in [0.2, 0.25) is 0 Å². The number of nitrogens with one attached hydrogen (secondary N) is 1. The van der Waals surface area contributed by atoms with Crippen LogP contribution in [0.5, 0.6) is 0 Å². The number of anilines is 1. The maximum Gasteiger partial charge on any atom is 0.0376 e. The summed E-state index contributed by atoms with van der Waals surface area (Å²) in [5.74, 6) is 0.736. The Labute approximate surface area is 73.8 Å². The van der Waals surface area contributed by atoms with Crippen LogP contribution in [0.1, 0.15) is 30.4 Å². The van der Waals surface area contributed by atoms with Crippen LogP contribution in [-0.4, -0.2) is 6.54 Å². The van der Waals surface area contributed by atoms with Crippen LogP contribution < -0.4 is 5.32 Å². The third kappa shape index (κ3) is 1.09. The summed E-state index contributed by atoms with van der Waals surface area (Å²) in [4.78, 5) is 0. The zero-order valence-electron chi connectivity index (χ0n) is 7.72. The number of benzene rings is 1. The van der Waals surface area contributed by atoms with Gasteiger partial charge >= 0.3 is 0 Å². The molecule has 0 unspecified atom stereocenters. The zero-order valence-corrected chi connectivity index (χ0v) is 7.72. The second-order valence-electron chi connectivity index (χ2n) is 3.58. The Kier molecular flexibility index (Phi) is 1.80. The van der Waals surface area contributed by atoms with Gasteiger partial charge in [0, 0.05) is 18.2 Å². The highest BCUT2D eigenvalue weighted by Gasteiger charge is 2.19. The highest BCUT2D eigenvalue weighted by atomic mass is 14.9. The lowest BCUT2D eigenvalue weighted by Gasteiger charge is -2.06. The number of rotatable bonds is 1. The van der Waals surface area contributed by atoms with Crippen molar-refractivity contribution in [1.82, 2.24) is 0 Å². The van der Waals surface area contributed by atoms with Gasteiger partial charge in [0.15, 0.2) is 0 Å². The van der Waals surface area contributed by atoms with E-state index in [4.69, 9.17) is 0 Å². The van der Waals surface area contributed by atoms with Gasteiger partial charge in [-0.25, -0.2) is 0 Å². The lowest BCUT2D eigenvalue weighted by molar-refractivity contribution is 0.727. The van der Waals surface area contributed by atoms with Gasteiger partial charge in [0.1, 0.15) is 0 Å². The molecule has 0 bridgehead atoms. The van der Waals surface area contributed by atoms with Gasteiger partial charge < -0.3 is 5.32 Å². The molecule has 1 aliphatic heterocycles. The Morgan fingerprint density at radius 3 is 3.08 bits per heavy atom. The summed E-state index contributed by atoms with van der Waals surface area (Å²) in [6, 6.07) is 6.67. The van der Waals surface area contributed by atoms with Gasteiger partial charge in [-0.3, -0.25) is 0 Å². The normalized spacial score (nSPS) is 20.3. The highest BCUT2D eigenvalue weighted by molar-refractivity contribution is 5.58. The second-order valence-corrected chi connectivity index (χ2v) is 3.58. The van der Waals surface area contributed by atoms with Crippen molar-refractivity contribution in [3.8, 4) is 0 Å². The average molecular weight is 161 g/mol. The first-order valence-corrected chi connectivity index (χ1v) is 4.65. The van der Waals surface area contributed by atoms with E-state index in [-0.39, 0.29) is 0 Å². The molecule has 1 heterocycles. The van der Waals surface area contributed by atoms with E-state index in [0.717, 1.165) is 12.5 Å². The standard InChI is InChI=1S/C11H15N/c1-3-9-7-12-11-5-4-8(2)6-10(9)11/h4-6,9,12H,3,7H2,1-2H3/t9-/m0/s1. The predicted molar refractivity (Wildman–Crippen MR) is 52.7 cm³/mol. The van der Waals surface area contributed by atoms with Crippen molar-refractivity contribution in [1.29, 1.82) is 0 Å². The van der Waals surface area contributed by atoms with Gasteiger partial charge in [-0.2, -0.15) is 0 Å². The molecule has 2 rings (SSSR count). The van der Waals surface area contributed by atoms with Crippen LogP contribution in [0.25, 0.3) is 0 Å². The maximum absolute atomic E-state index is 3.43. The third-order valence-electron chi connectivity index (χ3n) is 2.68. The topological polar surface area (TPSA) is 12.0 Å². The fourth-order valence-electron chi connectivity index (χ4n) is 1.89. The smallest absolute Gasteiger partial charge is 0.0376 e. The lowest BCUT2D eigenvalue weighted by Crippen LogP contribution is -1.99. The Balaban J connectivity index is 2.42. The summed E-state index contributed by atoms with van der Waals surface area (Å²) in [5, 5.41) is 3.43. The largest absolute Gasteiger partial charge is 0.384 e. The molecule has 1 aromatic carbocycles. The molecule has 0 amide bonds. The van der Waals surface area contributed by atoms with Crippen LogP contribution in [0.3, 0.4) is 0 Å². The van der Waals surface area contributed by atoms with E-state index in [1.54, 1.807) is 0 Å². The van der Waals surface area contributed by atoms with Gasteiger partial charge in [-0.15, -0.1) is 0 Å². The van der Waals surface area contributed by atoms with Gasteiger partial charge in [0.05, 0.1) is 0 Å². The Morgan fingerprint density at radius 1 is 1.50 bits per heavy atom. The molecule has 0 saturated carbocycles. The van der Waals surface area contributed by atoms with Crippen molar-refractivity contribution in [2.24, 2.45) is 0 Å². The van der Waals surface area contributed by atoms with Gasteiger partial charge in [-0.05, 0) is 25.0 Å². The van der Waals surface area contributed by atoms with Crippen molar-refractivity contribution < 1.29 is 0 Å². The van der Waals surface area contributed by atoms with Crippen LogP contribution >= 0.6 is 0 Å². The van der Waals surface area contributed by atoms with Gasteiger partial charge in [0.25, 0.3) is 0 Å². The summed E-state index contributed by atoms with van der Waals surface area (Å²) in [6.45, 7) is 5.53. The van der Waals surface area contributed by atoms with Crippen molar-refractivity contribution in [3.05, 3.63) is 29.3 Å². The van der Waals surface area contributed by atoms with Crippen LogP contribution in [0, 0.1) is 6.92 Å². The SMILES string of the molecule is CC[C@H]1CNc2ccc(C)cc21. The van der Waals surface area contributed by atoms with Crippen molar-refractivity contribution >= 4 is 5.69 Å². The fraction of sp³-hybridized carbons (Fsp3) is 0.455. The molecule has 0 saturated heterocycles. The van der Waals surface area contributed by atoms with Crippen LogP contribution in [0.2, 0.25) is 0 Å². The molecule has 64 valence electrons. The van der Waals surface area contributed by atoms with Crippen molar-refractivity contribution in [2.75, 3.05) is 11.9 Å². The Bertz CT molecular complexity index is 291. The maximum atomic E-state index is 3.43. The third-order valence-corrected chi connectivity index (χ3v) is 2.68. The molecule has 1 heteroatoms. The van der Waals surface area contributed by atoms with E-state index < -0.39 is 0 Å². The minimum atomic E-state index is 0.736. The number of hydrogen-bond donors (Lipinski definition) is 1. The Hall–Kier alpha value is -0.980. The first-order valence-electron chi connectivity index (χ1n) is 4.65. The molecule has 0 aromatic heterocycles. The summed E-state index contributed by atoms with van der Waals surface area (Å²) >= 11 is 0. The molecule has 0 radical (unpaired) electrons. The fourth-order valence-corrected chi connectivity index (χ4v) is 1.89. The van der Waals surface area contributed by atoms with E-state index >= 15 is 0 Å². The van der Waals surface area contributed by atoms with Crippen molar-refractivity contribution in [2.45, 2.75) is 26.2 Å². The van der Waals surface area contributed by atoms with E-state index in [2.05, 4.69) is 37.4 Å². The predicted octanol–water partition coefficient (Wildman–Crippen LogP) is 2.91. The molecule has 0 aliphatic carbocycles. The molecule has 0 fully saturated rings. The second kappa shape index (κ2) is 2.81. The molecular formula is C11H15N. The first-order chi connectivity index (χ1) is 5.81. The average Bonchev–Trinajstić information content (AvgIpc) is 2.46. The molecular weight excluding hydrogens is 146 g/mol. The molecule has 1 atom stereocenters. The van der Waals surface area contributed by atoms with Gasteiger partial charge in [-0.1, -0.05) is 24.6 Å². The minimum absolute atomic E-state index is 0.736. The van der Waals surface area contributed by atoms with E-state index in [9.17, 15) is 0 Å². The lowest BCUT2D eigenvalue weighted by atomic mass is 9.97. The summed E-state index contributed by atoms with van der Waals surface area (Å²) in [5.41, 5.74) is 4.22. The van der Waals surface area contributed by atoms with E-state index in [1.807, 2.05) is 0 Å². The first kappa shape index (κ1) is 7.66. The molecule has 1 aromatic rings. The molecule has 1 nitrogen and oxygen atoms in total. The monoisotopic (exact) mass is 161 g/mol. The summed E-state index contributed by atoms with van der Waals surface area (Å²) < 4.78 is 0. The minimum Gasteiger partial charge on any atom is -0.384 e. The van der Waals surface area contributed by atoms with Crippen LogP contribution in [0.15, 0.2) is 18.2 Å². The molecule has 12 heavy (non-hydrogen) atoms. The summed E-state index contributed by atoms with van der Waals surface area (Å²) in [7, 11) is 0. The number of aryl methyl sites for hydroxylation is 1. The molecule has 0 spiro atoms. The van der Waals surface area contributed by atoms with Crippen LogP contribution in [0.4, 0.5) is 5.69 Å². The van der Waals surface area contributed by atoms with E-state index in [1.165, 1.54) is 23.2 Å². The number of hydrogen-bond acceptors (Lipinski definition) is 1. The number of fused-ring (bicyclic) bond motifs is 1. The Morgan fingerprint density at radius 2 is 2.33 bits per heavy atom. The molecule has 1 N–H and O–H groups in total. The highest BCUT2D eigenvalue weighted by Crippen LogP contribution is 2.33. The van der Waals surface area contributed by atoms with Crippen molar-refractivity contribution in [3.63, 3.8) is 0 Å². The van der Waals surface area contributed by atoms with Crippen LogP contribution in [-0.2, 0) is 0 Å². The summed E-state index contributed by atoms with van der Waals surface area (Å²) in [6.07, 6.45) is 1.24. The molecule has 1 aliphatic rings. The van der Waals surface area contributed by atoms with E-state index in [0.29, 0.717) is 0 Å².